The van der Waals surface area contributed by atoms with Gasteiger partial charge in [-0.05, 0) is 41.8 Å². The molecule has 0 fully saturated rings. The van der Waals surface area contributed by atoms with Crippen LogP contribution >= 0.6 is 15.9 Å². The second-order valence-corrected chi connectivity index (χ2v) is 4.76. The maximum Gasteiger partial charge on any atom is 0.335 e. The second-order valence-electron chi connectivity index (χ2n) is 3.85. The first-order valence-electron chi connectivity index (χ1n) is 5.18. The SMILES string of the molecule is Cc1ccc(-c2cccc(Br)c2)cc1C(=O)O. The summed E-state index contributed by atoms with van der Waals surface area (Å²) in [5.74, 6) is -0.889. The smallest absolute Gasteiger partial charge is 0.335 e. The third kappa shape index (κ3) is 2.56. The van der Waals surface area contributed by atoms with Crippen LogP contribution in [-0.4, -0.2) is 11.1 Å². The monoisotopic (exact) mass is 290 g/mol. The zero-order valence-electron chi connectivity index (χ0n) is 9.27. The number of hydrogen-bond donors (Lipinski definition) is 1. The number of carbonyl (C=O) groups is 1. The van der Waals surface area contributed by atoms with Gasteiger partial charge in [0.05, 0.1) is 5.56 Å². The highest BCUT2D eigenvalue weighted by atomic mass is 79.9. The van der Waals surface area contributed by atoms with Crippen LogP contribution < -0.4 is 0 Å². The van der Waals surface area contributed by atoms with E-state index in [1.807, 2.05) is 36.4 Å². The summed E-state index contributed by atoms with van der Waals surface area (Å²) in [7, 11) is 0. The average molecular weight is 291 g/mol. The molecule has 0 atom stereocenters. The molecule has 0 radical (unpaired) electrons. The molecule has 0 aliphatic heterocycles. The van der Waals surface area contributed by atoms with Gasteiger partial charge in [-0.3, -0.25) is 0 Å². The third-order valence-corrected chi connectivity index (χ3v) is 3.12. The van der Waals surface area contributed by atoms with Crippen molar-refractivity contribution in [1.82, 2.24) is 0 Å². The highest BCUT2D eigenvalue weighted by Crippen LogP contribution is 2.25. The van der Waals surface area contributed by atoms with Crippen LogP contribution in [0.1, 0.15) is 15.9 Å². The topological polar surface area (TPSA) is 37.3 Å². The lowest BCUT2D eigenvalue weighted by atomic mass is 10.00. The van der Waals surface area contributed by atoms with E-state index in [2.05, 4.69) is 15.9 Å². The first-order chi connectivity index (χ1) is 8.08. The molecule has 0 spiro atoms. The highest BCUT2D eigenvalue weighted by molar-refractivity contribution is 9.10. The Bertz CT molecular complexity index is 576. The van der Waals surface area contributed by atoms with E-state index in [-0.39, 0.29) is 0 Å². The maximum atomic E-state index is 11.1. The van der Waals surface area contributed by atoms with Crippen LogP contribution in [-0.2, 0) is 0 Å². The summed E-state index contributed by atoms with van der Waals surface area (Å²) in [6, 6.07) is 13.3. The van der Waals surface area contributed by atoms with Gasteiger partial charge >= 0.3 is 5.97 Å². The minimum atomic E-state index is -0.889. The molecule has 2 rings (SSSR count). The van der Waals surface area contributed by atoms with Gasteiger partial charge in [0.15, 0.2) is 0 Å². The number of benzene rings is 2. The molecule has 0 aromatic heterocycles. The van der Waals surface area contributed by atoms with Crippen molar-refractivity contribution in [3.05, 3.63) is 58.1 Å². The van der Waals surface area contributed by atoms with E-state index in [9.17, 15) is 4.79 Å². The van der Waals surface area contributed by atoms with Crippen LogP contribution in [0.25, 0.3) is 11.1 Å². The number of halogens is 1. The van der Waals surface area contributed by atoms with Crippen LogP contribution in [0.5, 0.6) is 0 Å². The molecule has 0 unspecified atom stereocenters. The van der Waals surface area contributed by atoms with E-state index in [0.29, 0.717) is 5.56 Å². The molecule has 0 heterocycles. The Hall–Kier alpha value is -1.61. The summed E-state index contributed by atoms with van der Waals surface area (Å²) in [6.45, 7) is 1.80. The Morgan fingerprint density at radius 1 is 1.12 bits per heavy atom. The first-order valence-corrected chi connectivity index (χ1v) is 5.97. The minimum Gasteiger partial charge on any atom is -0.478 e. The van der Waals surface area contributed by atoms with Gasteiger partial charge in [-0.2, -0.15) is 0 Å². The van der Waals surface area contributed by atoms with Crippen LogP contribution in [0.15, 0.2) is 46.9 Å². The van der Waals surface area contributed by atoms with Crippen molar-refractivity contribution in [2.45, 2.75) is 6.92 Å². The van der Waals surface area contributed by atoms with Crippen molar-refractivity contribution in [2.75, 3.05) is 0 Å². The molecule has 1 N–H and O–H groups in total. The zero-order chi connectivity index (χ0) is 12.4. The van der Waals surface area contributed by atoms with Crippen LogP contribution in [0.2, 0.25) is 0 Å². The van der Waals surface area contributed by atoms with Gasteiger partial charge in [0, 0.05) is 4.47 Å². The Kier molecular flexibility index (Phi) is 3.29. The fraction of sp³-hybridized carbons (Fsp3) is 0.0714. The second kappa shape index (κ2) is 4.72. The van der Waals surface area contributed by atoms with E-state index in [4.69, 9.17) is 5.11 Å². The van der Waals surface area contributed by atoms with Crippen molar-refractivity contribution >= 4 is 21.9 Å². The molecule has 2 aromatic carbocycles. The Morgan fingerprint density at radius 3 is 2.47 bits per heavy atom. The molecule has 0 amide bonds. The fourth-order valence-corrected chi connectivity index (χ4v) is 2.10. The van der Waals surface area contributed by atoms with E-state index < -0.39 is 5.97 Å². The van der Waals surface area contributed by atoms with Gasteiger partial charge < -0.3 is 5.11 Å². The fourth-order valence-electron chi connectivity index (χ4n) is 1.70. The molecule has 2 aromatic rings. The molecule has 0 bridgehead atoms. The van der Waals surface area contributed by atoms with Gasteiger partial charge in [-0.25, -0.2) is 4.79 Å². The predicted molar refractivity (Wildman–Crippen MR) is 71.3 cm³/mol. The normalized spacial score (nSPS) is 10.2. The number of aryl methyl sites for hydroxylation is 1. The molecular weight excluding hydrogens is 280 g/mol. The van der Waals surface area contributed by atoms with Gasteiger partial charge in [0.2, 0.25) is 0 Å². The van der Waals surface area contributed by atoms with E-state index in [0.717, 1.165) is 21.2 Å². The van der Waals surface area contributed by atoms with Crippen molar-refractivity contribution in [3.63, 3.8) is 0 Å². The largest absolute Gasteiger partial charge is 0.478 e. The minimum absolute atomic E-state index is 0.350. The number of rotatable bonds is 2. The van der Waals surface area contributed by atoms with E-state index >= 15 is 0 Å². The Morgan fingerprint density at radius 2 is 1.82 bits per heavy atom. The molecular formula is C14H11BrO2. The molecule has 0 aliphatic carbocycles. The maximum absolute atomic E-state index is 11.1. The summed E-state index contributed by atoms with van der Waals surface area (Å²) < 4.78 is 0.979. The first kappa shape index (κ1) is 11.9. The molecule has 0 aliphatic rings. The number of carboxylic acid groups (broad SMARTS) is 1. The quantitative estimate of drug-likeness (QED) is 0.903. The van der Waals surface area contributed by atoms with Crippen molar-refractivity contribution < 1.29 is 9.90 Å². The summed E-state index contributed by atoms with van der Waals surface area (Å²) in [5.41, 5.74) is 3.04. The Balaban J connectivity index is 2.54. The molecule has 0 saturated carbocycles. The van der Waals surface area contributed by atoms with E-state index in [1.54, 1.807) is 13.0 Å². The lowest BCUT2D eigenvalue weighted by Crippen LogP contribution is -1.99. The summed E-state index contributed by atoms with van der Waals surface area (Å²) >= 11 is 3.41. The molecule has 3 heteroatoms. The summed E-state index contributed by atoms with van der Waals surface area (Å²) in [4.78, 5) is 11.1. The molecule has 2 nitrogen and oxygen atoms in total. The standard InChI is InChI=1S/C14H11BrO2/c1-9-5-6-11(8-13(9)14(16)17)10-3-2-4-12(15)7-10/h2-8H,1H3,(H,16,17). The summed E-state index contributed by atoms with van der Waals surface area (Å²) in [5, 5.41) is 9.08. The average Bonchev–Trinajstić information content (AvgIpc) is 2.29. The van der Waals surface area contributed by atoms with Crippen molar-refractivity contribution in [1.29, 1.82) is 0 Å². The Labute approximate surface area is 108 Å². The molecule has 0 saturated heterocycles. The third-order valence-electron chi connectivity index (χ3n) is 2.63. The molecule has 17 heavy (non-hydrogen) atoms. The zero-order valence-corrected chi connectivity index (χ0v) is 10.9. The lowest BCUT2D eigenvalue weighted by molar-refractivity contribution is 0.0696. The van der Waals surface area contributed by atoms with Gasteiger partial charge in [-0.15, -0.1) is 0 Å². The van der Waals surface area contributed by atoms with Gasteiger partial charge in [-0.1, -0.05) is 40.2 Å². The van der Waals surface area contributed by atoms with Crippen LogP contribution in [0.3, 0.4) is 0 Å². The van der Waals surface area contributed by atoms with Gasteiger partial charge in [0.1, 0.15) is 0 Å². The number of carboxylic acids is 1. The van der Waals surface area contributed by atoms with Crippen molar-refractivity contribution in [2.24, 2.45) is 0 Å². The lowest BCUT2D eigenvalue weighted by Gasteiger charge is -2.06. The number of hydrogen-bond acceptors (Lipinski definition) is 1. The predicted octanol–water partition coefficient (Wildman–Crippen LogP) is 4.12. The van der Waals surface area contributed by atoms with Crippen LogP contribution in [0.4, 0.5) is 0 Å². The number of aromatic carboxylic acids is 1. The molecule has 86 valence electrons. The van der Waals surface area contributed by atoms with Crippen LogP contribution in [0, 0.1) is 6.92 Å². The summed E-state index contributed by atoms with van der Waals surface area (Å²) in [6.07, 6.45) is 0. The van der Waals surface area contributed by atoms with E-state index in [1.165, 1.54) is 0 Å². The highest BCUT2D eigenvalue weighted by Gasteiger charge is 2.08. The van der Waals surface area contributed by atoms with Gasteiger partial charge in [0.25, 0.3) is 0 Å². The van der Waals surface area contributed by atoms with Crippen molar-refractivity contribution in [3.8, 4) is 11.1 Å².